The lowest BCUT2D eigenvalue weighted by Crippen LogP contribution is -2.26. The van der Waals surface area contributed by atoms with Crippen LogP contribution in [-0.4, -0.2) is 13.1 Å². The topological polar surface area (TPSA) is 46.5 Å². The minimum Gasteiger partial charge on any atom is -0.734 e. The van der Waals surface area contributed by atoms with Crippen molar-refractivity contribution in [2.24, 2.45) is 0 Å². The van der Waals surface area contributed by atoms with Crippen molar-refractivity contribution in [3.63, 3.8) is 0 Å². The van der Waals surface area contributed by atoms with Gasteiger partial charge in [-0.15, -0.1) is 0 Å². The van der Waals surface area contributed by atoms with Gasteiger partial charge in [0, 0.05) is 5.69 Å². The molecule has 0 aliphatic rings. The van der Waals surface area contributed by atoms with E-state index in [9.17, 15) is 22.8 Å². The van der Waals surface area contributed by atoms with E-state index in [1.54, 1.807) is 0 Å². The Bertz CT molecular complexity index is 380. The molecular weight excluding hydrogens is 217 g/mol. The van der Waals surface area contributed by atoms with Crippen molar-refractivity contribution >= 4 is 19.0 Å². The molecule has 1 aromatic rings. The molecule has 80 valence electrons. The minimum atomic E-state index is -4.89. The Kier molecular flexibility index (Phi) is 2.92. The summed E-state index contributed by atoms with van der Waals surface area (Å²) in [5, 5.41) is 17.8. The molecule has 0 spiro atoms. The highest BCUT2D eigenvalue weighted by molar-refractivity contribution is 6.37. The second kappa shape index (κ2) is 3.71. The van der Waals surface area contributed by atoms with Crippen LogP contribution in [-0.2, 0) is 6.18 Å². The number of benzene rings is 1. The number of nitrogens with zero attached hydrogens (tertiary/aromatic N) is 1. The molecule has 0 atom stereocenters. The average molecular weight is 220 g/mol. The third kappa shape index (κ3) is 2.39. The molecule has 0 bridgehead atoms. The van der Waals surface area contributed by atoms with E-state index in [0.717, 1.165) is 0 Å². The number of anilines is 1. The SMILES string of the molecule is [B]c1c(N([O-])O)cc(F)cc1C(F)(F)F. The molecule has 0 saturated heterocycles. The van der Waals surface area contributed by atoms with E-state index >= 15 is 0 Å². The van der Waals surface area contributed by atoms with Crippen LogP contribution in [0.25, 0.3) is 0 Å². The monoisotopic (exact) mass is 220 g/mol. The molecule has 0 unspecified atom stereocenters. The fraction of sp³-hybridized carbons (Fsp3) is 0.143. The fourth-order valence-corrected chi connectivity index (χ4v) is 0.996. The summed E-state index contributed by atoms with van der Waals surface area (Å²) in [7, 11) is 4.95. The van der Waals surface area contributed by atoms with E-state index < -0.39 is 33.9 Å². The molecule has 1 aromatic carbocycles. The molecule has 15 heavy (non-hydrogen) atoms. The quantitative estimate of drug-likeness (QED) is 0.441. The summed E-state index contributed by atoms with van der Waals surface area (Å²) in [5.41, 5.74) is -3.52. The summed E-state index contributed by atoms with van der Waals surface area (Å²) in [5.74, 6) is -1.32. The molecule has 0 saturated carbocycles. The van der Waals surface area contributed by atoms with Crippen LogP contribution in [0.2, 0.25) is 0 Å². The summed E-state index contributed by atoms with van der Waals surface area (Å²) in [4.78, 5) is 0. The van der Waals surface area contributed by atoms with Gasteiger partial charge in [-0.3, -0.25) is 5.21 Å². The van der Waals surface area contributed by atoms with Gasteiger partial charge in [0.15, 0.2) is 0 Å². The number of hydrogen-bond acceptors (Lipinski definition) is 3. The van der Waals surface area contributed by atoms with Crippen LogP contribution in [0.1, 0.15) is 5.56 Å². The molecule has 3 nitrogen and oxygen atoms in total. The van der Waals surface area contributed by atoms with Gasteiger partial charge in [-0.2, -0.15) is 13.2 Å². The minimum absolute atomic E-state index is 0.141. The van der Waals surface area contributed by atoms with Gasteiger partial charge in [-0.05, 0) is 12.1 Å². The van der Waals surface area contributed by atoms with Gasteiger partial charge in [-0.25, -0.2) is 4.39 Å². The van der Waals surface area contributed by atoms with E-state index in [-0.39, 0.29) is 6.07 Å². The molecule has 2 radical (unpaired) electrons. The van der Waals surface area contributed by atoms with E-state index in [0.29, 0.717) is 6.07 Å². The Morgan fingerprint density at radius 1 is 1.33 bits per heavy atom. The van der Waals surface area contributed by atoms with Crippen molar-refractivity contribution in [2.45, 2.75) is 6.18 Å². The standard InChI is InChI=1S/C7H3BF4NO2/c8-6-4(7(10,11)12)1-3(9)2-5(6)13(14)15/h1-2,14H/q-1. The van der Waals surface area contributed by atoms with Crippen LogP contribution in [0.15, 0.2) is 12.1 Å². The second-order valence-corrected chi connectivity index (χ2v) is 2.66. The number of hydrogen-bond donors (Lipinski definition) is 1. The molecule has 0 aliphatic carbocycles. The Morgan fingerprint density at radius 2 is 1.87 bits per heavy atom. The first-order valence-corrected chi connectivity index (χ1v) is 3.56. The first-order valence-electron chi connectivity index (χ1n) is 3.56. The largest absolute Gasteiger partial charge is 0.734 e. The average Bonchev–Trinajstić information content (AvgIpc) is 2.06. The van der Waals surface area contributed by atoms with Crippen LogP contribution >= 0.6 is 0 Å². The van der Waals surface area contributed by atoms with E-state index in [1.807, 2.05) is 0 Å². The lowest BCUT2D eigenvalue weighted by molar-refractivity contribution is -0.136. The van der Waals surface area contributed by atoms with E-state index in [1.165, 1.54) is 0 Å². The highest BCUT2D eigenvalue weighted by Crippen LogP contribution is 2.30. The summed E-state index contributed by atoms with van der Waals surface area (Å²) in [6.45, 7) is 0. The Hall–Kier alpha value is -1.28. The number of rotatable bonds is 1. The van der Waals surface area contributed by atoms with Gasteiger partial charge in [-0.1, -0.05) is 5.46 Å². The van der Waals surface area contributed by atoms with Crippen molar-refractivity contribution in [3.05, 3.63) is 28.7 Å². The van der Waals surface area contributed by atoms with Gasteiger partial charge >= 0.3 is 6.18 Å². The fourth-order valence-electron chi connectivity index (χ4n) is 0.996. The van der Waals surface area contributed by atoms with Gasteiger partial charge in [0.05, 0.1) is 5.56 Å². The highest BCUT2D eigenvalue weighted by atomic mass is 19.4. The summed E-state index contributed by atoms with van der Waals surface area (Å²) in [6, 6.07) is 0.542. The van der Waals surface area contributed by atoms with Crippen molar-refractivity contribution in [3.8, 4) is 0 Å². The molecule has 0 heterocycles. The van der Waals surface area contributed by atoms with Crippen molar-refractivity contribution < 1.29 is 22.8 Å². The lowest BCUT2D eigenvalue weighted by atomic mass is 9.88. The van der Waals surface area contributed by atoms with Gasteiger partial charge in [0.1, 0.15) is 13.7 Å². The number of alkyl halides is 3. The van der Waals surface area contributed by atoms with Crippen LogP contribution < -0.4 is 10.7 Å². The van der Waals surface area contributed by atoms with Crippen molar-refractivity contribution in [1.82, 2.24) is 0 Å². The van der Waals surface area contributed by atoms with Gasteiger partial charge in [0.25, 0.3) is 0 Å². The Morgan fingerprint density at radius 3 is 2.27 bits per heavy atom. The maximum absolute atomic E-state index is 12.7. The third-order valence-electron chi connectivity index (χ3n) is 1.63. The maximum atomic E-state index is 12.7. The molecular formula is C7H3BF4NO2-. The maximum Gasteiger partial charge on any atom is 0.416 e. The molecule has 0 aromatic heterocycles. The Balaban J connectivity index is 3.42. The first kappa shape index (κ1) is 11.8. The number of halogens is 4. The molecule has 1 rings (SSSR count). The molecule has 1 N–H and O–H groups in total. The van der Waals surface area contributed by atoms with Crippen LogP contribution in [0.5, 0.6) is 0 Å². The smallest absolute Gasteiger partial charge is 0.416 e. The normalized spacial score (nSPS) is 11.6. The molecule has 0 fully saturated rings. The predicted octanol–water partition coefficient (Wildman–Crippen LogP) is 1.33. The second-order valence-electron chi connectivity index (χ2n) is 2.66. The Labute approximate surface area is 82.9 Å². The zero-order chi connectivity index (χ0) is 11.8. The summed E-state index contributed by atoms with van der Waals surface area (Å²) >= 11 is 0. The van der Waals surface area contributed by atoms with E-state index in [2.05, 4.69) is 0 Å². The lowest BCUT2D eigenvalue weighted by Gasteiger charge is -2.25. The third-order valence-corrected chi connectivity index (χ3v) is 1.63. The molecule has 0 aliphatic heterocycles. The van der Waals surface area contributed by atoms with E-state index in [4.69, 9.17) is 13.1 Å². The van der Waals surface area contributed by atoms with Gasteiger partial charge in [0.2, 0.25) is 0 Å². The van der Waals surface area contributed by atoms with Gasteiger partial charge < -0.3 is 10.4 Å². The van der Waals surface area contributed by atoms with Crippen LogP contribution in [0, 0.1) is 11.0 Å². The summed E-state index contributed by atoms with van der Waals surface area (Å²) in [6.07, 6.45) is -4.89. The van der Waals surface area contributed by atoms with Crippen molar-refractivity contribution in [2.75, 3.05) is 5.23 Å². The van der Waals surface area contributed by atoms with Crippen LogP contribution in [0.4, 0.5) is 23.2 Å². The molecule has 0 amide bonds. The summed E-state index contributed by atoms with van der Waals surface area (Å²) < 4.78 is 49.3. The zero-order valence-electron chi connectivity index (χ0n) is 7.05. The zero-order valence-corrected chi connectivity index (χ0v) is 7.05. The van der Waals surface area contributed by atoms with Crippen molar-refractivity contribution in [1.29, 1.82) is 0 Å². The molecule has 8 heteroatoms. The first-order chi connectivity index (χ1) is 6.73. The van der Waals surface area contributed by atoms with Crippen LogP contribution in [0.3, 0.4) is 0 Å². The highest BCUT2D eigenvalue weighted by Gasteiger charge is 2.33. The predicted molar refractivity (Wildman–Crippen MR) is 44.4 cm³/mol.